The fraction of sp³-hybridized carbons (Fsp3) is 0.294. The smallest absolute Gasteiger partial charge is 0.131 e. The standard InChI is InChI=1S/C17H17Cl2NO/c1-10-6-11-8-12(9-20-2)21-17(11)13(7-10)16-14(18)4-3-5-15(16)19/h3-7,12,20H,8-9H2,1-2H3. The monoisotopic (exact) mass is 321 g/mol. The van der Waals surface area contributed by atoms with Crippen LogP contribution < -0.4 is 10.1 Å². The maximum absolute atomic E-state index is 6.36. The molecule has 0 radical (unpaired) electrons. The second-order valence-electron chi connectivity index (χ2n) is 5.40. The number of nitrogens with one attached hydrogen (secondary N) is 1. The van der Waals surface area contributed by atoms with Crippen molar-refractivity contribution < 1.29 is 4.74 Å². The van der Waals surface area contributed by atoms with Gasteiger partial charge in [-0.25, -0.2) is 0 Å². The van der Waals surface area contributed by atoms with Crippen molar-refractivity contribution in [3.63, 3.8) is 0 Å². The quantitative estimate of drug-likeness (QED) is 0.899. The molecular weight excluding hydrogens is 305 g/mol. The highest BCUT2D eigenvalue weighted by atomic mass is 35.5. The number of fused-ring (bicyclic) bond motifs is 1. The number of hydrogen-bond donors (Lipinski definition) is 1. The summed E-state index contributed by atoms with van der Waals surface area (Å²) in [5.74, 6) is 0.913. The molecule has 2 aromatic rings. The lowest BCUT2D eigenvalue weighted by Crippen LogP contribution is -2.27. The van der Waals surface area contributed by atoms with Crippen LogP contribution in [0.2, 0.25) is 10.0 Å². The summed E-state index contributed by atoms with van der Waals surface area (Å²) >= 11 is 12.7. The van der Waals surface area contributed by atoms with Gasteiger partial charge in [0.15, 0.2) is 0 Å². The predicted molar refractivity (Wildman–Crippen MR) is 88.7 cm³/mol. The second-order valence-corrected chi connectivity index (χ2v) is 6.21. The van der Waals surface area contributed by atoms with Crippen molar-refractivity contribution in [2.24, 2.45) is 0 Å². The van der Waals surface area contributed by atoms with Crippen LogP contribution in [-0.4, -0.2) is 19.7 Å². The molecular formula is C17H17Cl2NO. The summed E-state index contributed by atoms with van der Waals surface area (Å²) in [5.41, 5.74) is 4.25. The molecule has 0 saturated heterocycles. The highest BCUT2D eigenvalue weighted by molar-refractivity contribution is 6.39. The van der Waals surface area contributed by atoms with Crippen molar-refractivity contribution in [1.29, 1.82) is 0 Å². The first-order valence-electron chi connectivity index (χ1n) is 6.99. The van der Waals surface area contributed by atoms with Gasteiger partial charge in [0.05, 0.1) is 10.0 Å². The highest BCUT2D eigenvalue weighted by Gasteiger charge is 2.27. The average Bonchev–Trinajstić information content (AvgIpc) is 2.81. The van der Waals surface area contributed by atoms with Gasteiger partial charge >= 0.3 is 0 Å². The molecule has 1 unspecified atom stereocenters. The van der Waals surface area contributed by atoms with E-state index in [1.54, 1.807) is 0 Å². The lowest BCUT2D eigenvalue weighted by atomic mass is 9.97. The Morgan fingerprint density at radius 2 is 1.95 bits per heavy atom. The Bertz CT molecular complexity index is 664. The maximum atomic E-state index is 6.36. The van der Waals surface area contributed by atoms with Crippen LogP contribution in [0.25, 0.3) is 11.1 Å². The van der Waals surface area contributed by atoms with E-state index in [0.29, 0.717) is 10.0 Å². The van der Waals surface area contributed by atoms with E-state index in [0.717, 1.165) is 29.8 Å². The van der Waals surface area contributed by atoms with E-state index in [-0.39, 0.29) is 6.10 Å². The summed E-state index contributed by atoms with van der Waals surface area (Å²) in [7, 11) is 1.93. The second kappa shape index (κ2) is 5.88. The summed E-state index contributed by atoms with van der Waals surface area (Å²) in [5, 5.41) is 4.46. The van der Waals surface area contributed by atoms with Gasteiger partial charge in [0.2, 0.25) is 0 Å². The average molecular weight is 322 g/mol. The van der Waals surface area contributed by atoms with Gasteiger partial charge in [0.25, 0.3) is 0 Å². The minimum atomic E-state index is 0.159. The van der Waals surface area contributed by atoms with Gasteiger partial charge in [0, 0.05) is 24.1 Å². The van der Waals surface area contributed by atoms with Crippen molar-refractivity contribution in [2.45, 2.75) is 19.4 Å². The third kappa shape index (κ3) is 2.76. The summed E-state index contributed by atoms with van der Waals surface area (Å²) in [6.07, 6.45) is 1.07. The van der Waals surface area contributed by atoms with Gasteiger partial charge in [-0.1, -0.05) is 35.3 Å². The molecule has 1 N–H and O–H groups in total. The topological polar surface area (TPSA) is 21.3 Å². The predicted octanol–water partition coefficient (Wildman–Crippen LogP) is 4.49. The van der Waals surface area contributed by atoms with Gasteiger partial charge in [-0.05, 0) is 43.3 Å². The van der Waals surface area contributed by atoms with Crippen molar-refractivity contribution in [3.8, 4) is 16.9 Å². The molecule has 3 rings (SSSR count). The molecule has 0 aliphatic carbocycles. The zero-order valence-corrected chi connectivity index (χ0v) is 13.6. The molecule has 1 atom stereocenters. The molecule has 0 bridgehead atoms. The molecule has 1 heterocycles. The Labute approximate surface area is 135 Å². The van der Waals surface area contributed by atoms with Gasteiger partial charge in [-0.15, -0.1) is 0 Å². The van der Waals surface area contributed by atoms with Crippen LogP contribution >= 0.6 is 23.2 Å². The molecule has 1 aliphatic rings. The molecule has 4 heteroatoms. The summed E-state index contributed by atoms with van der Waals surface area (Å²) in [4.78, 5) is 0. The fourth-order valence-electron chi connectivity index (χ4n) is 2.87. The number of benzene rings is 2. The number of aryl methyl sites for hydroxylation is 1. The van der Waals surface area contributed by atoms with E-state index in [1.165, 1.54) is 11.1 Å². The van der Waals surface area contributed by atoms with E-state index in [4.69, 9.17) is 27.9 Å². The Kier molecular flexibility index (Phi) is 4.12. The van der Waals surface area contributed by atoms with Crippen LogP contribution in [0.15, 0.2) is 30.3 Å². The lowest BCUT2D eigenvalue weighted by Gasteiger charge is -2.14. The van der Waals surface area contributed by atoms with E-state index in [9.17, 15) is 0 Å². The summed E-state index contributed by atoms with van der Waals surface area (Å²) in [6.45, 7) is 2.91. The molecule has 0 fully saturated rings. The molecule has 0 aromatic heterocycles. The first kappa shape index (κ1) is 14.7. The molecule has 0 amide bonds. The lowest BCUT2D eigenvalue weighted by molar-refractivity contribution is 0.232. The first-order valence-corrected chi connectivity index (χ1v) is 7.75. The van der Waals surface area contributed by atoms with Gasteiger partial charge in [-0.2, -0.15) is 0 Å². The van der Waals surface area contributed by atoms with Crippen molar-refractivity contribution >= 4 is 23.2 Å². The first-order chi connectivity index (χ1) is 10.1. The number of rotatable bonds is 3. The van der Waals surface area contributed by atoms with E-state index in [2.05, 4.69) is 24.4 Å². The van der Waals surface area contributed by atoms with Crippen molar-refractivity contribution in [3.05, 3.63) is 51.5 Å². The number of ether oxygens (including phenoxy) is 1. The Hall–Kier alpha value is -1.22. The van der Waals surface area contributed by atoms with Gasteiger partial charge in [0.1, 0.15) is 11.9 Å². The Balaban J connectivity index is 2.14. The molecule has 0 saturated carbocycles. The van der Waals surface area contributed by atoms with E-state index in [1.807, 2.05) is 25.2 Å². The molecule has 21 heavy (non-hydrogen) atoms. The van der Waals surface area contributed by atoms with Crippen LogP contribution in [0.5, 0.6) is 5.75 Å². The minimum Gasteiger partial charge on any atom is -0.488 e. The van der Waals surface area contributed by atoms with Crippen molar-refractivity contribution in [1.82, 2.24) is 5.32 Å². The maximum Gasteiger partial charge on any atom is 0.131 e. The SMILES string of the molecule is CNCC1Cc2cc(C)cc(-c3c(Cl)cccc3Cl)c2O1. The number of likely N-dealkylation sites (N-methyl/N-ethyl adjacent to an activating group) is 1. The van der Waals surface area contributed by atoms with Gasteiger partial charge < -0.3 is 10.1 Å². The zero-order chi connectivity index (χ0) is 15.0. The van der Waals surface area contributed by atoms with Crippen LogP contribution in [0, 0.1) is 6.92 Å². The summed E-state index contributed by atoms with van der Waals surface area (Å²) in [6, 6.07) is 9.84. The molecule has 2 nitrogen and oxygen atoms in total. The Morgan fingerprint density at radius 1 is 1.24 bits per heavy atom. The number of hydrogen-bond acceptors (Lipinski definition) is 2. The van der Waals surface area contributed by atoms with Gasteiger partial charge in [-0.3, -0.25) is 0 Å². The Morgan fingerprint density at radius 3 is 2.62 bits per heavy atom. The molecule has 0 spiro atoms. The highest BCUT2D eigenvalue weighted by Crippen LogP contribution is 2.44. The third-order valence-electron chi connectivity index (χ3n) is 3.71. The van der Waals surface area contributed by atoms with Crippen LogP contribution in [0.1, 0.15) is 11.1 Å². The number of halogens is 2. The third-order valence-corrected chi connectivity index (χ3v) is 4.34. The van der Waals surface area contributed by atoms with E-state index >= 15 is 0 Å². The largest absolute Gasteiger partial charge is 0.488 e. The van der Waals surface area contributed by atoms with Crippen molar-refractivity contribution in [2.75, 3.05) is 13.6 Å². The molecule has 2 aromatic carbocycles. The summed E-state index contributed by atoms with van der Waals surface area (Å²) < 4.78 is 6.12. The van der Waals surface area contributed by atoms with E-state index < -0.39 is 0 Å². The van der Waals surface area contributed by atoms with Crippen LogP contribution in [0.3, 0.4) is 0 Å². The minimum absolute atomic E-state index is 0.159. The van der Waals surface area contributed by atoms with Crippen LogP contribution in [-0.2, 0) is 6.42 Å². The van der Waals surface area contributed by atoms with Crippen LogP contribution in [0.4, 0.5) is 0 Å². The fourth-order valence-corrected chi connectivity index (χ4v) is 3.48. The normalized spacial score (nSPS) is 16.7. The molecule has 110 valence electrons. The molecule has 1 aliphatic heterocycles. The zero-order valence-electron chi connectivity index (χ0n) is 12.0.